The minimum absolute atomic E-state index is 0.0528. The Balaban J connectivity index is 2.04. The van der Waals surface area contributed by atoms with Gasteiger partial charge < -0.3 is 9.47 Å². The number of nitro groups is 1. The highest BCUT2D eigenvalue weighted by Gasteiger charge is 2.26. The minimum Gasteiger partial charge on any atom is -0.485 e. The highest BCUT2D eigenvalue weighted by molar-refractivity contribution is 5.89. The molecule has 108 valence electrons. The summed E-state index contributed by atoms with van der Waals surface area (Å²) in [5.74, 6) is -0.135. The van der Waals surface area contributed by atoms with Crippen molar-refractivity contribution in [3.63, 3.8) is 0 Å². The molecule has 2 heterocycles. The maximum Gasteiger partial charge on any atom is 0.358 e. The molecule has 0 saturated carbocycles. The summed E-state index contributed by atoms with van der Waals surface area (Å²) in [5, 5.41) is 10.8. The fourth-order valence-corrected chi connectivity index (χ4v) is 2.17. The highest BCUT2D eigenvalue weighted by Crippen LogP contribution is 2.33. The zero-order chi connectivity index (χ0) is 15.0. The van der Waals surface area contributed by atoms with Crippen molar-refractivity contribution >= 4 is 11.7 Å². The molecule has 8 nitrogen and oxygen atoms in total. The largest absolute Gasteiger partial charge is 0.485 e. The van der Waals surface area contributed by atoms with E-state index in [9.17, 15) is 14.9 Å². The second-order valence-electron chi connectivity index (χ2n) is 4.33. The number of carbonyl (C=O) groups excluding carboxylic acids is 1. The van der Waals surface area contributed by atoms with Crippen LogP contribution < -0.4 is 4.74 Å². The van der Waals surface area contributed by atoms with Gasteiger partial charge >= 0.3 is 5.97 Å². The van der Waals surface area contributed by atoms with Crippen LogP contribution in [0.1, 0.15) is 23.1 Å². The van der Waals surface area contributed by atoms with Gasteiger partial charge in [-0.2, -0.15) is 0 Å². The number of nitrogens with zero attached hydrogens (tertiary/aromatic N) is 3. The number of aromatic nitrogens is 2. The number of fused-ring (bicyclic) bond motifs is 3. The number of non-ortho nitro benzene ring substituents is 1. The standard InChI is InChI=1S/C13H11N3O5/c1-2-20-13(17)12-10-6-21-11-5-8(16(18)19)3-4-9(11)15(10)7-14-12/h3-5,7H,2,6H2,1H3. The number of ether oxygens (including phenoxy) is 2. The normalized spacial score (nSPS) is 12.0. The molecule has 0 N–H and O–H groups in total. The van der Waals surface area contributed by atoms with Crippen LogP contribution >= 0.6 is 0 Å². The zero-order valence-electron chi connectivity index (χ0n) is 11.1. The Morgan fingerprint density at radius 1 is 1.57 bits per heavy atom. The fourth-order valence-electron chi connectivity index (χ4n) is 2.17. The Hall–Kier alpha value is -2.90. The lowest BCUT2D eigenvalue weighted by Gasteiger charge is -2.19. The summed E-state index contributed by atoms with van der Waals surface area (Å²) >= 11 is 0. The smallest absolute Gasteiger partial charge is 0.358 e. The lowest BCUT2D eigenvalue weighted by molar-refractivity contribution is -0.384. The maximum atomic E-state index is 11.8. The molecule has 2 aromatic rings. The molecule has 0 bridgehead atoms. The van der Waals surface area contributed by atoms with Crippen molar-refractivity contribution in [1.29, 1.82) is 0 Å². The molecule has 1 aliphatic rings. The van der Waals surface area contributed by atoms with Crippen LogP contribution in [0.15, 0.2) is 24.5 Å². The number of esters is 1. The first-order valence-corrected chi connectivity index (χ1v) is 6.26. The molecule has 0 amide bonds. The van der Waals surface area contributed by atoms with Crippen molar-refractivity contribution < 1.29 is 19.2 Å². The molecular formula is C13H11N3O5. The van der Waals surface area contributed by atoms with Gasteiger partial charge in [-0.3, -0.25) is 14.7 Å². The van der Waals surface area contributed by atoms with Crippen molar-refractivity contribution in [3.05, 3.63) is 46.0 Å². The third-order valence-corrected chi connectivity index (χ3v) is 3.11. The number of carbonyl (C=O) groups is 1. The Morgan fingerprint density at radius 2 is 2.38 bits per heavy atom. The average Bonchev–Trinajstić information content (AvgIpc) is 2.91. The van der Waals surface area contributed by atoms with E-state index in [0.717, 1.165) is 0 Å². The number of benzene rings is 1. The lowest BCUT2D eigenvalue weighted by Crippen LogP contribution is -2.16. The molecular weight excluding hydrogens is 278 g/mol. The highest BCUT2D eigenvalue weighted by atomic mass is 16.6. The topological polar surface area (TPSA) is 96.5 Å². The second kappa shape index (κ2) is 4.89. The lowest BCUT2D eigenvalue weighted by atomic mass is 10.2. The Labute approximate surface area is 119 Å². The Kier molecular flexibility index (Phi) is 3.05. The van der Waals surface area contributed by atoms with Crippen LogP contribution in [0.2, 0.25) is 0 Å². The molecule has 0 saturated heterocycles. The van der Waals surface area contributed by atoms with E-state index in [2.05, 4.69) is 4.98 Å². The van der Waals surface area contributed by atoms with E-state index in [-0.39, 0.29) is 24.6 Å². The van der Waals surface area contributed by atoms with E-state index in [0.29, 0.717) is 17.1 Å². The first kappa shape index (κ1) is 13.1. The van der Waals surface area contributed by atoms with Crippen molar-refractivity contribution in [2.45, 2.75) is 13.5 Å². The van der Waals surface area contributed by atoms with Crippen molar-refractivity contribution in [1.82, 2.24) is 9.55 Å². The maximum absolute atomic E-state index is 11.8. The number of hydrogen-bond acceptors (Lipinski definition) is 6. The molecule has 1 aliphatic heterocycles. The van der Waals surface area contributed by atoms with E-state index in [4.69, 9.17) is 9.47 Å². The number of imidazole rings is 1. The van der Waals surface area contributed by atoms with Crippen LogP contribution in [0.4, 0.5) is 5.69 Å². The van der Waals surface area contributed by atoms with Gasteiger partial charge in [0.1, 0.15) is 12.9 Å². The quantitative estimate of drug-likeness (QED) is 0.486. The first-order valence-electron chi connectivity index (χ1n) is 6.26. The number of nitro benzene ring substituents is 1. The monoisotopic (exact) mass is 289 g/mol. The van der Waals surface area contributed by atoms with E-state index in [1.54, 1.807) is 17.6 Å². The van der Waals surface area contributed by atoms with Gasteiger partial charge in [0.05, 0.1) is 29.0 Å². The summed E-state index contributed by atoms with van der Waals surface area (Å²) in [5.41, 5.74) is 1.31. The van der Waals surface area contributed by atoms with Crippen molar-refractivity contribution in [2.75, 3.05) is 6.61 Å². The van der Waals surface area contributed by atoms with Gasteiger partial charge in [0.15, 0.2) is 11.4 Å². The molecule has 0 unspecified atom stereocenters. The number of hydrogen-bond donors (Lipinski definition) is 0. The third-order valence-electron chi connectivity index (χ3n) is 3.11. The summed E-state index contributed by atoms with van der Waals surface area (Å²) in [6.45, 7) is 2.07. The SMILES string of the molecule is CCOC(=O)c1ncn2c1COc1cc([N+](=O)[O-])ccc1-2. The molecule has 0 atom stereocenters. The fraction of sp³-hybridized carbons (Fsp3) is 0.231. The summed E-state index contributed by atoms with van der Waals surface area (Å²) < 4.78 is 12.1. The van der Waals surface area contributed by atoms with E-state index >= 15 is 0 Å². The van der Waals surface area contributed by atoms with Crippen LogP contribution in [0.25, 0.3) is 5.69 Å². The molecule has 0 radical (unpaired) electrons. The summed E-state index contributed by atoms with van der Waals surface area (Å²) in [6.07, 6.45) is 1.48. The first-order chi connectivity index (χ1) is 10.1. The summed E-state index contributed by atoms with van der Waals surface area (Å²) in [7, 11) is 0. The van der Waals surface area contributed by atoms with Gasteiger partial charge in [-0.15, -0.1) is 0 Å². The minimum atomic E-state index is -0.514. The zero-order valence-corrected chi connectivity index (χ0v) is 11.1. The molecule has 0 fully saturated rings. The van der Waals surface area contributed by atoms with Crippen molar-refractivity contribution in [2.24, 2.45) is 0 Å². The van der Waals surface area contributed by atoms with E-state index in [1.165, 1.54) is 18.5 Å². The molecule has 3 rings (SSSR count). The third kappa shape index (κ3) is 2.10. The molecule has 8 heteroatoms. The van der Waals surface area contributed by atoms with Crippen LogP contribution in [-0.2, 0) is 11.3 Å². The van der Waals surface area contributed by atoms with Gasteiger partial charge in [-0.25, -0.2) is 9.78 Å². The Bertz CT molecular complexity index is 737. The van der Waals surface area contributed by atoms with E-state index < -0.39 is 10.9 Å². The van der Waals surface area contributed by atoms with Crippen LogP contribution in [-0.4, -0.2) is 27.1 Å². The van der Waals surface area contributed by atoms with Gasteiger partial charge in [-0.05, 0) is 13.0 Å². The number of rotatable bonds is 3. The van der Waals surface area contributed by atoms with E-state index in [1.807, 2.05) is 0 Å². The van der Waals surface area contributed by atoms with Gasteiger partial charge in [0.2, 0.25) is 0 Å². The van der Waals surface area contributed by atoms with Gasteiger partial charge in [-0.1, -0.05) is 0 Å². The Morgan fingerprint density at radius 3 is 3.10 bits per heavy atom. The van der Waals surface area contributed by atoms with Gasteiger partial charge in [0, 0.05) is 6.07 Å². The molecule has 0 aliphatic carbocycles. The molecule has 0 spiro atoms. The van der Waals surface area contributed by atoms with Crippen LogP contribution in [0.3, 0.4) is 0 Å². The summed E-state index contributed by atoms with van der Waals surface area (Å²) in [4.78, 5) is 26.1. The predicted octanol–water partition coefficient (Wildman–Crippen LogP) is 1.85. The molecule has 1 aromatic carbocycles. The summed E-state index contributed by atoms with van der Waals surface area (Å²) in [6, 6.07) is 4.29. The van der Waals surface area contributed by atoms with Gasteiger partial charge in [0.25, 0.3) is 5.69 Å². The average molecular weight is 289 g/mol. The predicted molar refractivity (Wildman–Crippen MR) is 70.5 cm³/mol. The van der Waals surface area contributed by atoms with Crippen LogP contribution in [0.5, 0.6) is 5.75 Å². The van der Waals surface area contributed by atoms with Crippen LogP contribution in [0, 0.1) is 10.1 Å². The second-order valence-corrected chi connectivity index (χ2v) is 4.33. The van der Waals surface area contributed by atoms with Crippen molar-refractivity contribution in [3.8, 4) is 11.4 Å². The molecule has 1 aromatic heterocycles. The molecule has 21 heavy (non-hydrogen) atoms.